The molecule has 1 aromatic heterocycles. The van der Waals surface area contributed by atoms with E-state index in [1.54, 1.807) is 0 Å². The van der Waals surface area contributed by atoms with E-state index in [-0.39, 0.29) is 5.54 Å². The summed E-state index contributed by atoms with van der Waals surface area (Å²) in [7, 11) is 0. The van der Waals surface area contributed by atoms with Crippen molar-refractivity contribution < 1.29 is 4.42 Å². The molecule has 0 bridgehead atoms. The molecular formula is C15H20N2O. The van der Waals surface area contributed by atoms with Crippen molar-refractivity contribution in [1.29, 1.82) is 0 Å². The van der Waals surface area contributed by atoms with Gasteiger partial charge in [0.1, 0.15) is 5.58 Å². The second kappa shape index (κ2) is 4.41. The first-order chi connectivity index (χ1) is 8.67. The minimum absolute atomic E-state index is 0.205. The molecule has 0 unspecified atom stereocenters. The van der Waals surface area contributed by atoms with Gasteiger partial charge >= 0.3 is 0 Å². The van der Waals surface area contributed by atoms with Crippen LogP contribution >= 0.6 is 0 Å². The number of benzene rings is 1. The third-order valence-corrected chi connectivity index (χ3v) is 3.89. The van der Waals surface area contributed by atoms with Crippen LogP contribution in [0, 0.1) is 0 Å². The van der Waals surface area contributed by atoms with Gasteiger partial charge in [0, 0.05) is 42.7 Å². The van der Waals surface area contributed by atoms with E-state index in [0.29, 0.717) is 0 Å². The molecule has 3 nitrogen and oxygen atoms in total. The molecule has 0 atom stereocenters. The quantitative estimate of drug-likeness (QED) is 0.880. The fourth-order valence-electron chi connectivity index (χ4n) is 2.68. The molecule has 2 aromatic rings. The Labute approximate surface area is 108 Å². The van der Waals surface area contributed by atoms with Crippen LogP contribution in [0.5, 0.6) is 0 Å². The summed E-state index contributed by atoms with van der Waals surface area (Å²) < 4.78 is 5.62. The van der Waals surface area contributed by atoms with Gasteiger partial charge in [-0.1, -0.05) is 18.2 Å². The third kappa shape index (κ3) is 2.04. The summed E-state index contributed by atoms with van der Waals surface area (Å²) in [6.45, 7) is 8.75. The molecule has 96 valence electrons. The second-order valence-corrected chi connectivity index (χ2v) is 5.67. The highest BCUT2D eigenvalue weighted by Gasteiger charge is 2.29. The molecule has 1 N–H and O–H groups in total. The van der Waals surface area contributed by atoms with Crippen LogP contribution in [0.3, 0.4) is 0 Å². The predicted molar refractivity (Wildman–Crippen MR) is 73.6 cm³/mol. The minimum atomic E-state index is 0.205. The first-order valence-corrected chi connectivity index (χ1v) is 6.58. The molecule has 3 heteroatoms. The maximum absolute atomic E-state index is 5.62. The highest BCUT2D eigenvalue weighted by atomic mass is 16.3. The molecule has 0 saturated carbocycles. The first-order valence-electron chi connectivity index (χ1n) is 6.58. The van der Waals surface area contributed by atoms with Gasteiger partial charge in [-0.3, -0.25) is 4.90 Å². The number of furan rings is 1. The summed E-state index contributed by atoms with van der Waals surface area (Å²) in [4.78, 5) is 2.53. The van der Waals surface area contributed by atoms with E-state index in [4.69, 9.17) is 4.42 Å². The number of piperazine rings is 1. The Morgan fingerprint density at radius 1 is 1.33 bits per heavy atom. The number of para-hydroxylation sites is 1. The van der Waals surface area contributed by atoms with Crippen LogP contribution in [-0.4, -0.2) is 30.1 Å². The number of fused-ring (bicyclic) bond motifs is 1. The molecule has 1 fully saturated rings. The lowest BCUT2D eigenvalue weighted by atomic mass is 9.99. The van der Waals surface area contributed by atoms with Gasteiger partial charge in [-0.15, -0.1) is 0 Å². The van der Waals surface area contributed by atoms with Crippen LogP contribution < -0.4 is 5.32 Å². The topological polar surface area (TPSA) is 28.4 Å². The van der Waals surface area contributed by atoms with Crippen molar-refractivity contribution in [1.82, 2.24) is 10.2 Å². The van der Waals surface area contributed by atoms with Crippen LogP contribution in [-0.2, 0) is 6.54 Å². The van der Waals surface area contributed by atoms with Crippen molar-refractivity contribution in [3.8, 4) is 0 Å². The zero-order chi connectivity index (χ0) is 12.6. The number of rotatable bonds is 2. The summed E-state index contributed by atoms with van der Waals surface area (Å²) in [6, 6.07) is 8.26. The van der Waals surface area contributed by atoms with Crippen molar-refractivity contribution in [2.75, 3.05) is 19.6 Å². The second-order valence-electron chi connectivity index (χ2n) is 5.67. The molecule has 1 saturated heterocycles. The molecule has 1 aliphatic rings. The number of nitrogens with zero attached hydrogens (tertiary/aromatic N) is 1. The van der Waals surface area contributed by atoms with Crippen molar-refractivity contribution in [3.63, 3.8) is 0 Å². The summed E-state index contributed by atoms with van der Waals surface area (Å²) in [6.07, 6.45) is 1.91. The fraction of sp³-hybridized carbons (Fsp3) is 0.467. The lowest BCUT2D eigenvalue weighted by Crippen LogP contribution is -2.57. The van der Waals surface area contributed by atoms with Crippen molar-refractivity contribution in [3.05, 3.63) is 36.1 Å². The number of nitrogens with one attached hydrogen (secondary N) is 1. The molecule has 1 aromatic carbocycles. The molecule has 0 amide bonds. The molecule has 2 heterocycles. The van der Waals surface area contributed by atoms with Gasteiger partial charge in [-0.2, -0.15) is 0 Å². The standard InChI is InChI=1S/C15H20N2O/c1-15(2)11-16-7-8-17(15)9-12-10-18-14-6-4-3-5-13(12)14/h3-6,10,16H,7-9,11H2,1-2H3. The molecule has 1 aliphatic heterocycles. The molecule has 3 rings (SSSR count). The zero-order valence-electron chi connectivity index (χ0n) is 11.1. The Hall–Kier alpha value is -1.32. The summed E-state index contributed by atoms with van der Waals surface area (Å²) in [5.41, 5.74) is 2.48. The van der Waals surface area contributed by atoms with E-state index < -0.39 is 0 Å². The van der Waals surface area contributed by atoms with E-state index in [1.165, 1.54) is 10.9 Å². The molecule has 0 aliphatic carbocycles. The van der Waals surface area contributed by atoms with E-state index >= 15 is 0 Å². The summed E-state index contributed by atoms with van der Waals surface area (Å²) >= 11 is 0. The SMILES string of the molecule is CC1(C)CNCCN1Cc1coc2ccccc12. The van der Waals surface area contributed by atoms with Crippen LogP contribution in [0.15, 0.2) is 34.9 Å². The number of hydrogen-bond donors (Lipinski definition) is 1. The third-order valence-electron chi connectivity index (χ3n) is 3.89. The van der Waals surface area contributed by atoms with Gasteiger partial charge < -0.3 is 9.73 Å². The average Bonchev–Trinajstić information content (AvgIpc) is 2.75. The fourth-order valence-corrected chi connectivity index (χ4v) is 2.68. The summed E-state index contributed by atoms with van der Waals surface area (Å²) in [5, 5.41) is 4.70. The van der Waals surface area contributed by atoms with Crippen LogP contribution in [0.25, 0.3) is 11.0 Å². The van der Waals surface area contributed by atoms with Crippen molar-refractivity contribution >= 4 is 11.0 Å². The maximum Gasteiger partial charge on any atom is 0.134 e. The van der Waals surface area contributed by atoms with Gasteiger partial charge in [0.15, 0.2) is 0 Å². The minimum Gasteiger partial charge on any atom is -0.464 e. The van der Waals surface area contributed by atoms with Gasteiger partial charge in [0.25, 0.3) is 0 Å². The average molecular weight is 244 g/mol. The monoisotopic (exact) mass is 244 g/mol. The van der Waals surface area contributed by atoms with Crippen molar-refractivity contribution in [2.24, 2.45) is 0 Å². The Kier molecular flexibility index (Phi) is 2.88. The van der Waals surface area contributed by atoms with Crippen LogP contribution in [0.2, 0.25) is 0 Å². The lowest BCUT2D eigenvalue weighted by Gasteiger charge is -2.42. The van der Waals surface area contributed by atoms with Crippen molar-refractivity contribution in [2.45, 2.75) is 25.9 Å². The van der Waals surface area contributed by atoms with Crippen LogP contribution in [0.4, 0.5) is 0 Å². The highest BCUT2D eigenvalue weighted by molar-refractivity contribution is 5.80. The smallest absolute Gasteiger partial charge is 0.134 e. The Morgan fingerprint density at radius 3 is 3.00 bits per heavy atom. The van der Waals surface area contributed by atoms with E-state index in [0.717, 1.165) is 31.8 Å². The highest BCUT2D eigenvalue weighted by Crippen LogP contribution is 2.25. The number of hydrogen-bond acceptors (Lipinski definition) is 3. The molecule has 0 spiro atoms. The summed E-state index contributed by atoms with van der Waals surface area (Å²) in [5.74, 6) is 0. The largest absolute Gasteiger partial charge is 0.464 e. The zero-order valence-corrected chi connectivity index (χ0v) is 11.1. The van der Waals surface area contributed by atoms with Gasteiger partial charge in [-0.05, 0) is 19.9 Å². The molecular weight excluding hydrogens is 224 g/mol. The van der Waals surface area contributed by atoms with Gasteiger partial charge in [-0.25, -0.2) is 0 Å². The predicted octanol–water partition coefficient (Wildman–Crippen LogP) is 2.62. The van der Waals surface area contributed by atoms with Crippen LogP contribution in [0.1, 0.15) is 19.4 Å². The normalized spacial score (nSPS) is 20.3. The van der Waals surface area contributed by atoms with E-state index in [1.807, 2.05) is 18.4 Å². The van der Waals surface area contributed by atoms with Gasteiger partial charge in [0.2, 0.25) is 0 Å². The molecule has 0 radical (unpaired) electrons. The maximum atomic E-state index is 5.62. The Bertz CT molecular complexity index is 544. The lowest BCUT2D eigenvalue weighted by molar-refractivity contribution is 0.0829. The van der Waals surface area contributed by atoms with E-state index in [9.17, 15) is 0 Å². The Morgan fingerprint density at radius 2 is 2.17 bits per heavy atom. The van der Waals surface area contributed by atoms with E-state index in [2.05, 4.69) is 36.2 Å². The Balaban J connectivity index is 1.87. The molecule has 18 heavy (non-hydrogen) atoms. The first kappa shape index (κ1) is 11.8. The van der Waals surface area contributed by atoms with Gasteiger partial charge in [0.05, 0.1) is 6.26 Å².